The van der Waals surface area contributed by atoms with E-state index in [1.165, 1.54) is 4.90 Å². The molecule has 0 bridgehead atoms. The number of amides is 2. The summed E-state index contributed by atoms with van der Waals surface area (Å²) in [6, 6.07) is 13.1. The van der Waals surface area contributed by atoms with Gasteiger partial charge in [-0.25, -0.2) is 8.42 Å². The maximum Gasteiger partial charge on any atom is 0.244 e. The zero-order valence-corrected chi connectivity index (χ0v) is 22.5. The molecule has 0 unspecified atom stereocenters. The van der Waals surface area contributed by atoms with E-state index in [0.29, 0.717) is 22.3 Å². The van der Waals surface area contributed by atoms with Gasteiger partial charge in [-0.15, -0.1) is 0 Å². The van der Waals surface area contributed by atoms with E-state index in [1.807, 2.05) is 26.8 Å². The summed E-state index contributed by atoms with van der Waals surface area (Å²) in [4.78, 5) is 28.0. The van der Waals surface area contributed by atoms with Crippen LogP contribution >= 0.6 is 15.9 Å². The number of nitrogens with zero attached hydrogens (tertiary/aromatic N) is 2. The van der Waals surface area contributed by atoms with E-state index in [9.17, 15) is 18.0 Å². The van der Waals surface area contributed by atoms with Gasteiger partial charge in [-0.05, 0) is 66.0 Å². The SMILES string of the molecule is CC[C@H](C(=O)NC(C)C)N(Cc1cccc(OC)c1)C(=O)CN(c1ccccc1Br)S(C)(=O)=O. The molecule has 0 fully saturated rings. The average molecular weight is 555 g/mol. The van der Waals surface area contributed by atoms with Crippen LogP contribution < -0.4 is 14.4 Å². The van der Waals surface area contributed by atoms with Crippen molar-refractivity contribution >= 4 is 43.5 Å². The van der Waals surface area contributed by atoms with Crippen molar-refractivity contribution in [3.05, 3.63) is 58.6 Å². The molecule has 1 N–H and O–H groups in total. The monoisotopic (exact) mass is 553 g/mol. The number of hydrogen-bond donors (Lipinski definition) is 1. The molecule has 0 aliphatic rings. The zero-order valence-electron chi connectivity index (χ0n) is 20.1. The summed E-state index contributed by atoms with van der Waals surface area (Å²) >= 11 is 3.37. The van der Waals surface area contributed by atoms with Gasteiger partial charge in [0.1, 0.15) is 18.3 Å². The van der Waals surface area contributed by atoms with E-state index in [0.717, 1.165) is 16.1 Å². The molecule has 0 saturated carbocycles. The lowest BCUT2D eigenvalue weighted by Crippen LogP contribution is -2.53. The second-order valence-electron chi connectivity index (χ2n) is 8.18. The molecule has 34 heavy (non-hydrogen) atoms. The highest BCUT2D eigenvalue weighted by atomic mass is 79.9. The van der Waals surface area contributed by atoms with Crippen molar-refractivity contribution < 1.29 is 22.7 Å². The Kier molecular flexibility index (Phi) is 9.93. The van der Waals surface area contributed by atoms with Crippen LogP contribution in [0.5, 0.6) is 5.75 Å². The Balaban J connectivity index is 2.47. The average Bonchev–Trinajstić information content (AvgIpc) is 2.76. The predicted octanol–water partition coefficient (Wildman–Crippen LogP) is 3.56. The van der Waals surface area contributed by atoms with Gasteiger partial charge in [0, 0.05) is 17.1 Å². The molecule has 0 radical (unpaired) electrons. The first-order chi connectivity index (χ1) is 16.0. The standard InChI is InChI=1S/C24H32BrN3O5S/c1-6-21(24(30)26-17(2)3)27(15-18-10-9-11-19(14-18)33-4)23(29)16-28(34(5,31)32)22-13-8-7-12-20(22)25/h7-14,17,21H,6,15-16H2,1-5H3,(H,26,30)/t21-/m1/s1. The molecule has 0 aliphatic carbocycles. The van der Waals surface area contributed by atoms with Crippen LogP contribution in [0.3, 0.4) is 0 Å². The van der Waals surface area contributed by atoms with Crippen LogP contribution in [-0.2, 0) is 26.2 Å². The molecule has 2 amide bonds. The summed E-state index contributed by atoms with van der Waals surface area (Å²) in [7, 11) is -2.24. The predicted molar refractivity (Wildman–Crippen MR) is 137 cm³/mol. The Hall–Kier alpha value is -2.59. The number of para-hydroxylation sites is 1. The number of ether oxygens (including phenoxy) is 1. The zero-order chi connectivity index (χ0) is 25.5. The summed E-state index contributed by atoms with van der Waals surface area (Å²) in [6.07, 6.45) is 1.41. The fraction of sp³-hybridized carbons (Fsp3) is 0.417. The van der Waals surface area contributed by atoms with Crippen molar-refractivity contribution in [2.45, 2.75) is 45.8 Å². The fourth-order valence-corrected chi connectivity index (χ4v) is 4.99. The fourth-order valence-electron chi connectivity index (χ4n) is 3.52. The Morgan fingerprint density at radius 1 is 1.12 bits per heavy atom. The molecule has 10 heteroatoms. The Bertz CT molecular complexity index is 1110. The lowest BCUT2D eigenvalue weighted by molar-refractivity contribution is -0.140. The summed E-state index contributed by atoms with van der Waals surface area (Å²) in [5, 5.41) is 2.86. The van der Waals surface area contributed by atoms with Crippen LogP contribution in [0.1, 0.15) is 32.8 Å². The lowest BCUT2D eigenvalue weighted by Gasteiger charge is -2.33. The van der Waals surface area contributed by atoms with Gasteiger partial charge in [0.05, 0.1) is 19.1 Å². The quantitative estimate of drug-likeness (QED) is 0.459. The van der Waals surface area contributed by atoms with Gasteiger partial charge in [-0.2, -0.15) is 0 Å². The molecule has 2 rings (SSSR count). The number of anilines is 1. The summed E-state index contributed by atoms with van der Waals surface area (Å²) < 4.78 is 32.2. The molecule has 0 spiro atoms. The highest BCUT2D eigenvalue weighted by Crippen LogP contribution is 2.28. The molecule has 8 nitrogen and oxygen atoms in total. The highest BCUT2D eigenvalue weighted by molar-refractivity contribution is 9.10. The molecule has 2 aromatic carbocycles. The van der Waals surface area contributed by atoms with Gasteiger partial charge >= 0.3 is 0 Å². The van der Waals surface area contributed by atoms with E-state index in [-0.39, 0.29) is 18.5 Å². The number of carbonyl (C=O) groups excluding carboxylic acids is 2. The van der Waals surface area contributed by atoms with E-state index in [1.54, 1.807) is 49.6 Å². The first kappa shape index (κ1) is 27.7. The summed E-state index contributed by atoms with van der Waals surface area (Å²) in [5.41, 5.74) is 1.11. The Labute approximate surface area is 210 Å². The molecule has 0 aliphatic heterocycles. The molecule has 2 aromatic rings. The van der Waals surface area contributed by atoms with E-state index >= 15 is 0 Å². The minimum absolute atomic E-state index is 0.108. The van der Waals surface area contributed by atoms with Crippen LogP contribution in [-0.4, -0.2) is 57.1 Å². The lowest BCUT2D eigenvalue weighted by atomic mass is 10.1. The van der Waals surface area contributed by atoms with Crippen molar-refractivity contribution in [1.82, 2.24) is 10.2 Å². The summed E-state index contributed by atoms with van der Waals surface area (Å²) in [6.45, 7) is 5.18. The van der Waals surface area contributed by atoms with Crippen molar-refractivity contribution in [1.29, 1.82) is 0 Å². The van der Waals surface area contributed by atoms with Gasteiger partial charge in [0.25, 0.3) is 0 Å². The first-order valence-corrected chi connectivity index (χ1v) is 13.6. The topological polar surface area (TPSA) is 96.0 Å². The largest absolute Gasteiger partial charge is 0.497 e. The highest BCUT2D eigenvalue weighted by Gasteiger charge is 2.32. The Morgan fingerprint density at radius 2 is 1.79 bits per heavy atom. The van der Waals surface area contributed by atoms with Gasteiger partial charge in [0.2, 0.25) is 21.8 Å². The van der Waals surface area contributed by atoms with Crippen LogP contribution in [0, 0.1) is 0 Å². The normalized spacial score (nSPS) is 12.2. The number of methoxy groups -OCH3 is 1. The van der Waals surface area contributed by atoms with Crippen molar-refractivity contribution in [3.8, 4) is 5.75 Å². The third kappa shape index (κ3) is 7.46. The maximum absolute atomic E-state index is 13.6. The molecule has 186 valence electrons. The van der Waals surface area contributed by atoms with Crippen LogP contribution in [0.4, 0.5) is 5.69 Å². The second-order valence-corrected chi connectivity index (χ2v) is 10.9. The third-order valence-electron chi connectivity index (χ3n) is 5.10. The molecular weight excluding hydrogens is 522 g/mol. The minimum atomic E-state index is -3.79. The van der Waals surface area contributed by atoms with Crippen LogP contribution in [0.2, 0.25) is 0 Å². The first-order valence-electron chi connectivity index (χ1n) is 10.9. The molecule has 1 atom stereocenters. The van der Waals surface area contributed by atoms with E-state index in [2.05, 4.69) is 21.2 Å². The molecular formula is C24H32BrN3O5S. The van der Waals surface area contributed by atoms with Crippen LogP contribution in [0.25, 0.3) is 0 Å². The van der Waals surface area contributed by atoms with E-state index < -0.39 is 28.5 Å². The summed E-state index contributed by atoms with van der Waals surface area (Å²) in [5.74, 6) is -0.161. The number of carbonyl (C=O) groups is 2. The molecule has 0 aromatic heterocycles. The maximum atomic E-state index is 13.6. The van der Waals surface area contributed by atoms with Gasteiger partial charge in [-0.1, -0.05) is 31.2 Å². The van der Waals surface area contributed by atoms with Crippen molar-refractivity contribution in [2.24, 2.45) is 0 Å². The third-order valence-corrected chi connectivity index (χ3v) is 6.90. The Morgan fingerprint density at radius 3 is 2.35 bits per heavy atom. The number of rotatable bonds is 11. The van der Waals surface area contributed by atoms with Gasteiger partial charge in [-0.3, -0.25) is 13.9 Å². The number of nitrogens with one attached hydrogen (secondary N) is 1. The van der Waals surface area contributed by atoms with E-state index in [4.69, 9.17) is 4.74 Å². The molecule has 0 heterocycles. The number of benzene rings is 2. The molecule has 0 saturated heterocycles. The number of hydrogen-bond acceptors (Lipinski definition) is 5. The van der Waals surface area contributed by atoms with Gasteiger partial charge < -0.3 is 15.0 Å². The number of sulfonamides is 1. The smallest absolute Gasteiger partial charge is 0.244 e. The number of halogens is 1. The van der Waals surface area contributed by atoms with Crippen molar-refractivity contribution in [3.63, 3.8) is 0 Å². The van der Waals surface area contributed by atoms with Crippen LogP contribution in [0.15, 0.2) is 53.0 Å². The minimum Gasteiger partial charge on any atom is -0.497 e. The van der Waals surface area contributed by atoms with Gasteiger partial charge in [0.15, 0.2) is 0 Å². The second kappa shape index (κ2) is 12.2. The van der Waals surface area contributed by atoms with Crippen molar-refractivity contribution in [2.75, 3.05) is 24.2 Å².